The van der Waals surface area contributed by atoms with Crippen molar-refractivity contribution in [2.24, 2.45) is 4.99 Å². The molecule has 0 bridgehead atoms. The molecule has 1 aromatic heterocycles. The quantitative estimate of drug-likeness (QED) is 0.734. The summed E-state index contributed by atoms with van der Waals surface area (Å²) in [6.45, 7) is 0. The molecule has 0 saturated heterocycles. The minimum atomic E-state index is 0.746. The van der Waals surface area contributed by atoms with Gasteiger partial charge in [0.15, 0.2) is 0 Å². The number of ether oxygens (including phenoxy) is 1. The lowest BCUT2D eigenvalue weighted by molar-refractivity contribution is 0.416. The summed E-state index contributed by atoms with van der Waals surface area (Å²) >= 11 is 0. The molecule has 0 aliphatic heterocycles. The summed E-state index contributed by atoms with van der Waals surface area (Å²) in [6.07, 6.45) is 6.59. The normalized spacial score (nSPS) is 10.6. The standard InChI is InChI=1S/C12H11N3O/c1-16-12-5-3-2-4-11(12)15-8-10-6-13-9-14-7-10/h2-9H,1H3. The second-order valence-electron chi connectivity index (χ2n) is 3.10. The van der Waals surface area contributed by atoms with Crippen LogP contribution in [0.4, 0.5) is 5.69 Å². The van der Waals surface area contributed by atoms with Crippen LogP contribution >= 0.6 is 0 Å². The van der Waals surface area contributed by atoms with Crippen LogP contribution in [0.1, 0.15) is 5.56 Å². The van der Waals surface area contributed by atoms with Crippen molar-refractivity contribution in [1.29, 1.82) is 0 Å². The Balaban J connectivity index is 2.24. The lowest BCUT2D eigenvalue weighted by Gasteiger charge is -2.02. The smallest absolute Gasteiger partial charge is 0.144 e. The number of hydrogen-bond donors (Lipinski definition) is 0. The van der Waals surface area contributed by atoms with Gasteiger partial charge in [-0.05, 0) is 12.1 Å². The van der Waals surface area contributed by atoms with E-state index in [4.69, 9.17) is 4.74 Å². The molecule has 0 saturated carbocycles. The maximum absolute atomic E-state index is 5.19. The molecule has 4 heteroatoms. The first kappa shape index (κ1) is 10.3. The van der Waals surface area contributed by atoms with Crippen molar-refractivity contribution >= 4 is 11.9 Å². The third-order valence-electron chi connectivity index (χ3n) is 2.02. The van der Waals surface area contributed by atoms with Gasteiger partial charge in [0.05, 0.1) is 7.11 Å². The van der Waals surface area contributed by atoms with Gasteiger partial charge in [-0.2, -0.15) is 0 Å². The van der Waals surface area contributed by atoms with Crippen molar-refractivity contribution in [3.05, 3.63) is 48.5 Å². The fraction of sp³-hybridized carbons (Fsp3) is 0.0833. The van der Waals surface area contributed by atoms with E-state index in [2.05, 4.69) is 15.0 Å². The van der Waals surface area contributed by atoms with Crippen LogP contribution in [-0.4, -0.2) is 23.3 Å². The second kappa shape index (κ2) is 5.02. The molecule has 0 aliphatic carbocycles. The summed E-state index contributed by atoms with van der Waals surface area (Å²) in [7, 11) is 1.62. The Hall–Kier alpha value is -2.23. The van der Waals surface area contributed by atoms with Gasteiger partial charge in [-0.1, -0.05) is 12.1 Å². The maximum atomic E-state index is 5.19. The molecule has 1 heterocycles. The van der Waals surface area contributed by atoms with Gasteiger partial charge < -0.3 is 4.74 Å². The van der Waals surface area contributed by atoms with E-state index < -0.39 is 0 Å². The average molecular weight is 213 g/mol. The first-order valence-corrected chi connectivity index (χ1v) is 4.82. The van der Waals surface area contributed by atoms with E-state index in [-0.39, 0.29) is 0 Å². The molecule has 0 radical (unpaired) electrons. The highest BCUT2D eigenvalue weighted by molar-refractivity contribution is 5.81. The van der Waals surface area contributed by atoms with Crippen LogP contribution in [0.3, 0.4) is 0 Å². The number of rotatable bonds is 3. The Kier molecular flexibility index (Phi) is 3.23. The van der Waals surface area contributed by atoms with Gasteiger partial charge in [0, 0.05) is 24.2 Å². The van der Waals surface area contributed by atoms with E-state index in [1.54, 1.807) is 25.7 Å². The van der Waals surface area contributed by atoms with E-state index in [0.717, 1.165) is 17.0 Å². The zero-order chi connectivity index (χ0) is 11.2. The highest BCUT2D eigenvalue weighted by Gasteiger charge is 1.97. The summed E-state index contributed by atoms with van der Waals surface area (Å²) in [6, 6.07) is 7.58. The van der Waals surface area contributed by atoms with Gasteiger partial charge in [0.25, 0.3) is 0 Å². The second-order valence-corrected chi connectivity index (χ2v) is 3.10. The molecule has 0 unspecified atom stereocenters. The van der Waals surface area contributed by atoms with Gasteiger partial charge in [-0.25, -0.2) is 9.97 Å². The molecule has 0 fully saturated rings. The molecule has 0 spiro atoms. The SMILES string of the molecule is COc1ccccc1N=Cc1cncnc1. The van der Waals surface area contributed by atoms with Crippen molar-refractivity contribution in [2.75, 3.05) is 7.11 Å². The Labute approximate surface area is 93.7 Å². The van der Waals surface area contributed by atoms with E-state index in [1.807, 2.05) is 24.3 Å². The van der Waals surface area contributed by atoms with Crippen LogP contribution in [0.2, 0.25) is 0 Å². The van der Waals surface area contributed by atoms with Crippen LogP contribution < -0.4 is 4.74 Å². The summed E-state index contributed by atoms with van der Waals surface area (Å²) in [4.78, 5) is 12.1. The number of benzene rings is 1. The molecule has 0 amide bonds. The van der Waals surface area contributed by atoms with Crippen molar-refractivity contribution in [1.82, 2.24) is 9.97 Å². The van der Waals surface area contributed by atoms with Crippen LogP contribution in [0.25, 0.3) is 0 Å². The lowest BCUT2D eigenvalue weighted by Crippen LogP contribution is -1.86. The highest BCUT2D eigenvalue weighted by atomic mass is 16.5. The van der Waals surface area contributed by atoms with Crippen LogP contribution in [0.5, 0.6) is 5.75 Å². The Bertz CT molecular complexity index is 483. The average Bonchev–Trinajstić information content (AvgIpc) is 2.38. The fourth-order valence-corrected chi connectivity index (χ4v) is 1.26. The topological polar surface area (TPSA) is 47.4 Å². The van der Waals surface area contributed by atoms with Crippen molar-refractivity contribution < 1.29 is 4.74 Å². The van der Waals surface area contributed by atoms with Gasteiger partial charge in [-0.15, -0.1) is 0 Å². The number of aromatic nitrogens is 2. The largest absolute Gasteiger partial charge is 0.494 e. The number of nitrogens with zero attached hydrogens (tertiary/aromatic N) is 3. The first-order valence-electron chi connectivity index (χ1n) is 4.82. The van der Waals surface area contributed by atoms with Crippen molar-refractivity contribution in [3.63, 3.8) is 0 Å². The first-order chi connectivity index (χ1) is 7.90. The Morgan fingerprint density at radius 1 is 1.19 bits per heavy atom. The van der Waals surface area contributed by atoms with Crippen LogP contribution in [0, 0.1) is 0 Å². The molecule has 4 nitrogen and oxygen atoms in total. The Morgan fingerprint density at radius 3 is 2.69 bits per heavy atom. The van der Waals surface area contributed by atoms with Crippen LogP contribution in [-0.2, 0) is 0 Å². The monoisotopic (exact) mass is 213 g/mol. The molecule has 2 rings (SSSR count). The van der Waals surface area contributed by atoms with Crippen molar-refractivity contribution in [2.45, 2.75) is 0 Å². The number of hydrogen-bond acceptors (Lipinski definition) is 4. The van der Waals surface area contributed by atoms with Crippen LogP contribution in [0.15, 0.2) is 48.0 Å². The zero-order valence-corrected chi connectivity index (χ0v) is 8.87. The molecule has 2 aromatic rings. The summed E-state index contributed by atoms with van der Waals surface area (Å²) in [5.74, 6) is 0.746. The van der Waals surface area contributed by atoms with Gasteiger partial charge in [0.2, 0.25) is 0 Å². The Morgan fingerprint density at radius 2 is 1.94 bits per heavy atom. The highest BCUT2D eigenvalue weighted by Crippen LogP contribution is 2.25. The number of methoxy groups -OCH3 is 1. The number of aliphatic imine (C=N–C) groups is 1. The van der Waals surface area contributed by atoms with E-state index >= 15 is 0 Å². The molecule has 0 aliphatic rings. The third kappa shape index (κ3) is 2.42. The molecule has 1 aromatic carbocycles. The molecule has 0 N–H and O–H groups in total. The van der Waals surface area contributed by atoms with Crippen molar-refractivity contribution in [3.8, 4) is 5.75 Å². The van der Waals surface area contributed by atoms with Gasteiger partial charge in [-0.3, -0.25) is 4.99 Å². The van der Waals surface area contributed by atoms with E-state index in [0.29, 0.717) is 0 Å². The predicted molar refractivity (Wildman–Crippen MR) is 62.3 cm³/mol. The third-order valence-corrected chi connectivity index (χ3v) is 2.02. The summed E-state index contributed by atoms with van der Waals surface area (Å²) in [5.41, 5.74) is 1.64. The molecular weight excluding hydrogens is 202 g/mol. The summed E-state index contributed by atoms with van der Waals surface area (Å²) < 4.78 is 5.19. The fourth-order valence-electron chi connectivity index (χ4n) is 1.26. The maximum Gasteiger partial charge on any atom is 0.144 e. The molecular formula is C12H11N3O. The minimum Gasteiger partial charge on any atom is -0.494 e. The van der Waals surface area contributed by atoms with E-state index in [1.165, 1.54) is 6.33 Å². The lowest BCUT2D eigenvalue weighted by atomic mass is 10.3. The zero-order valence-electron chi connectivity index (χ0n) is 8.87. The molecule has 16 heavy (non-hydrogen) atoms. The summed E-state index contributed by atoms with van der Waals surface area (Å²) in [5, 5.41) is 0. The minimum absolute atomic E-state index is 0.746. The van der Waals surface area contributed by atoms with Gasteiger partial charge >= 0.3 is 0 Å². The van der Waals surface area contributed by atoms with Gasteiger partial charge in [0.1, 0.15) is 17.8 Å². The predicted octanol–water partition coefficient (Wildman–Crippen LogP) is 2.24. The molecule has 0 atom stereocenters. The molecule has 80 valence electrons. The number of para-hydroxylation sites is 2. The van der Waals surface area contributed by atoms with E-state index in [9.17, 15) is 0 Å².